The number of hydrogen-bond acceptors (Lipinski definition) is 6. The largest absolute Gasteiger partial charge is 0.549 e. The first kappa shape index (κ1) is 19.5. The molecule has 0 fully saturated rings. The number of anilines is 1. The summed E-state index contributed by atoms with van der Waals surface area (Å²) in [6.45, 7) is 0. The van der Waals surface area contributed by atoms with Crippen LogP contribution in [0.3, 0.4) is 0 Å². The van der Waals surface area contributed by atoms with E-state index in [2.05, 4.69) is 20.7 Å². The molecular weight excluding hydrogens is 454 g/mol. The number of sulfonamides is 1. The zero-order chi connectivity index (χ0) is 19.6. The van der Waals surface area contributed by atoms with Crippen molar-refractivity contribution in [2.24, 2.45) is 0 Å². The maximum Gasteiger partial charge on any atom is 0.261 e. The van der Waals surface area contributed by atoms with Crippen LogP contribution in [0.5, 0.6) is 5.75 Å². The Labute approximate surface area is 168 Å². The number of carbonyl (C=O) groups is 1. The normalized spacial score (nSPS) is 11.4. The maximum absolute atomic E-state index is 12.7. The molecule has 9 heteroatoms. The molecule has 0 radical (unpaired) electrons. The van der Waals surface area contributed by atoms with Crippen LogP contribution in [-0.4, -0.2) is 25.2 Å². The fourth-order valence-electron chi connectivity index (χ4n) is 2.48. The van der Waals surface area contributed by atoms with Crippen LogP contribution in [-0.2, 0) is 14.8 Å². The molecule has 2 N–H and O–H groups in total. The number of aliphatic carboxylic acids is 1. The van der Waals surface area contributed by atoms with Crippen molar-refractivity contribution in [2.45, 2.75) is 9.79 Å². The molecule has 0 aliphatic heterocycles. The lowest BCUT2D eigenvalue weighted by atomic mass is 10.1. The molecule has 140 valence electrons. The fraction of sp³-hybridized carbons (Fsp3) is 0.0556. The first-order valence-corrected chi connectivity index (χ1v) is 10.9. The number of rotatable bonds is 6. The number of fused-ring (bicyclic) bond motifs is 1. The molecule has 0 unspecified atom stereocenters. The van der Waals surface area contributed by atoms with Gasteiger partial charge in [-0.2, -0.15) is 0 Å². The van der Waals surface area contributed by atoms with Gasteiger partial charge in [0.15, 0.2) is 0 Å². The van der Waals surface area contributed by atoms with Gasteiger partial charge in [0.1, 0.15) is 5.75 Å². The number of phenols is 1. The van der Waals surface area contributed by atoms with Crippen LogP contribution in [0.2, 0.25) is 0 Å². The first-order chi connectivity index (χ1) is 12.8. The highest BCUT2D eigenvalue weighted by Crippen LogP contribution is 2.40. The number of carboxylic acid groups (broad SMARTS) is 1. The number of aromatic hydroxyl groups is 1. The molecule has 0 aromatic heterocycles. The lowest BCUT2D eigenvalue weighted by Crippen LogP contribution is -2.24. The third-order valence-corrected chi connectivity index (χ3v) is 6.61. The third kappa shape index (κ3) is 4.37. The van der Waals surface area contributed by atoms with E-state index in [0.717, 1.165) is 16.2 Å². The predicted molar refractivity (Wildman–Crippen MR) is 106 cm³/mol. The van der Waals surface area contributed by atoms with E-state index in [1.54, 1.807) is 36.4 Å². The molecule has 0 amide bonds. The Hall–Kier alpha value is -2.23. The van der Waals surface area contributed by atoms with Gasteiger partial charge in [0, 0.05) is 21.0 Å². The lowest BCUT2D eigenvalue weighted by Gasteiger charge is -2.15. The van der Waals surface area contributed by atoms with E-state index in [-0.39, 0.29) is 27.0 Å². The van der Waals surface area contributed by atoms with Crippen molar-refractivity contribution in [3.05, 3.63) is 59.1 Å². The highest BCUT2D eigenvalue weighted by molar-refractivity contribution is 9.10. The smallest absolute Gasteiger partial charge is 0.261 e. The molecule has 3 aromatic carbocycles. The average molecular weight is 467 g/mol. The van der Waals surface area contributed by atoms with Crippen LogP contribution in [0.25, 0.3) is 10.8 Å². The standard InChI is InChI=1S/C18H14BrNO5S2/c19-11-5-7-12(8-6-11)27(24,25)20-15-9-16(26-10-17(21)22)18(23)14-4-2-1-3-13(14)15/h1-9,20,23H,10H2,(H,21,22)/p-1. The number of hydrogen-bond donors (Lipinski definition) is 2. The molecule has 3 rings (SSSR count). The summed E-state index contributed by atoms with van der Waals surface area (Å²) in [4.78, 5) is 11.1. The molecule has 3 aromatic rings. The van der Waals surface area contributed by atoms with Gasteiger partial charge in [0.05, 0.1) is 21.4 Å². The summed E-state index contributed by atoms with van der Waals surface area (Å²) in [5.41, 5.74) is 0.243. The van der Waals surface area contributed by atoms with Crippen molar-refractivity contribution in [3.63, 3.8) is 0 Å². The van der Waals surface area contributed by atoms with Crippen LogP contribution in [0.1, 0.15) is 0 Å². The van der Waals surface area contributed by atoms with Crippen LogP contribution < -0.4 is 9.83 Å². The summed E-state index contributed by atoms with van der Waals surface area (Å²) in [5.74, 6) is -1.77. The van der Waals surface area contributed by atoms with Crippen LogP contribution in [0.4, 0.5) is 5.69 Å². The van der Waals surface area contributed by atoms with Gasteiger partial charge in [0.25, 0.3) is 10.0 Å². The summed E-state index contributed by atoms with van der Waals surface area (Å²) in [6, 6.07) is 14.3. The molecule has 27 heavy (non-hydrogen) atoms. The van der Waals surface area contributed by atoms with Crippen molar-refractivity contribution < 1.29 is 23.4 Å². The Morgan fingerprint density at radius 2 is 1.74 bits per heavy atom. The van der Waals surface area contributed by atoms with E-state index in [4.69, 9.17) is 0 Å². The van der Waals surface area contributed by atoms with Gasteiger partial charge in [-0.15, -0.1) is 11.8 Å². The number of thioether (sulfide) groups is 1. The molecule has 0 saturated carbocycles. The van der Waals surface area contributed by atoms with Crippen molar-refractivity contribution in [2.75, 3.05) is 10.5 Å². The van der Waals surface area contributed by atoms with Gasteiger partial charge in [-0.05, 0) is 30.3 Å². The fourth-order valence-corrected chi connectivity index (χ4v) is 4.54. The molecule has 0 aliphatic carbocycles. The monoisotopic (exact) mass is 466 g/mol. The van der Waals surface area contributed by atoms with Crippen LogP contribution in [0, 0.1) is 0 Å². The Bertz CT molecular complexity index is 1110. The number of phenolic OH excluding ortho intramolecular Hbond substituents is 1. The number of halogens is 1. The summed E-state index contributed by atoms with van der Waals surface area (Å²) in [6.07, 6.45) is 0. The van der Waals surface area contributed by atoms with Gasteiger partial charge in [-0.25, -0.2) is 8.42 Å². The highest BCUT2D eigenvalue weighted by Gasteiger charge is 2.18. The zero-order valence-electron chi connectivity index (χ0n) is 13.7. The molecule has 0 bridgehead atoms. The summed E-state index contributed by atoms with van der Waals surface area (Å²) in [7, 11) is -3.87. The predicted octanol–water partition coefficient (Wildman–Crippen LogP) is 2.95. The van der Waals surface area contributed by atoms with E-state index < -0.39 is 16.0 Å². The Kier molecular flexibility index (Phi) is 5.64. The lowest BCUT2D eigenvalue weighted by molar-refractivity contribution is -0.301. The van der Waals surface area contributed by atoms with Crippen LogP contribution >= 0.6 is 27.7 Å². The quantitative estimate of drug-likeness (QED) is 0.427. The minimum atomic E-state index is -3.87. The summed E-state index contributed by atoms with van der Waals surface area (Å²) >= 11 is 4.11. The second-order valence-corrected chi connectivity index (χ2v) is 9.15. The maximum atomic E-state index is 12.7. The molecule has 0 saturated heterocycles. The second kappa shape index (κ2) is 7.79. The van der Waals surface area contributed by atoms with E-state index in [1.807, 2.05) is 0 Å². The Morgan fingerprint density at radius 1 is 1.11 bits per heavy atom. The minimum Gasteiger partial charge on any atom is -0.549 e. The minimum absolute atomic E-state index is 0.0757. The first-order valence-electron chi connectivity index (χ1n) is 7.63. The highest BCUT2D eigenvalue weighted by atomic mass is 79.9. The van der Waals surface area contributed by atoms with Crippen LogP contribution in [0.15, 0.2) is 68.9 Å². The van der Waals surface area contributed by atoms with Gasteiger partial charge in [-0.1, -0.05) is 40.2 Å². The topological polar surface area (TPSA) is 107 Å². The number of carbonyl (C=O) groups excluding carboxylic acids is 1. The molecule has 0 aliphatic rings. The molecule has 6 nitrogen and oxygen atoms in total. The summed E-state index contributed by atoms with van der Waals surface area (Å²) < 4.78 is 28.7. The van der Waals surface area contributed by atoms with E-state index in [1.165, 1.54) is 18.2 Å². The third-order valence-electron chi connectivity index (χ3n) is 3.69. The number of nitrogens with one attached hydrogen (secondary N) is 1. The van der Waals surface area contributed by atoms with Crippen molar-refractivity contribution >= 4 is 60.1 Å². The van der Waals surface area contributed by atoms with Crippen molar-refractivity contribution in [1.29, 1.82) is 0 Å². The van der Waals surface area contributed by atoms with Gasteiger partial charge in [0.2, 0.25) is 0 Å². The van der Waals surface area contributed by atoms with E-state index in [0.29, 0.717) is 10.8 Å². The van der Waals surface area contributed by atoms with Gasteiger partial charge < -0.3 is 15.0 Å². The molecular formula is C18H13BrNO5S2-. The Morgan fingerprint density at radius 3 is 2.37 bits per heavy atom. The molecule has 0 spiro atoms. The molecule has 0 atom stereocenters. The second-order valence-electron chi connectivity index (χ2n) is 5.54. The number of benzene rings is 3. The van der Waals surface area contributed by atoms with Crippen molar-refractivity contribution in [1.82, 2.24) is 0 Å². The summed E-state index contributed by atoms with van der Waals surface area (Å²) in [5, 5.41) is 22.1. The van der Waals surface area contributed by atoms with Crippen molar-refractivity contribution in [3.8, 4) is 5.75 Å². The zero-order valence-corrected chi connectivity index (χ0v) is 16.9. The Balaban J connectivity index is 2.08. The van der Waals surface area contributed by atoms with Gasteiger partial charge >= 0.3 is 0 Å². The van der Waals surface area contributed by atoms with E-state index in [9.17, 15) is 23.4 Å². The SMILES string of the molecule is O=C([O-])CSc1cc(NS(=O)(=O)c2ccc(Br)cc2)c2ccccc2c1O. The molecule has 0 heterocycles. The van der Waals surface area contributed by atoms with E-state index >= 15 is 0 Å². The number of carboxylic acids is 1. The average Bonchev–Trinajstić information content (AvgIpc) is 2.63. The van der Waals surface area contributed by atoms with Gasteiger partial charge in [-0.3, -0.25) is 4.72 Å².